The Morgan fingerprint density at radius 1 is 1.31 bits per heavy atom. The number of aliphatic hydroxyl groups excluding tert-OH is 2. The second-order valence-electron chi connectivity index (χ2n) is 5.19. The van der Waals surface area contributed by atoms with Crippen LogP contribution in [0.4, 0.5) is 0 Å². The maximum atomic E-state index is 9.65. The molecule has 0 bridgehead atoms. The molecule has 1 rings (SSSR count). The predicted molar refractivity (Wildman–Crippen MR) is 63.1 cm³/mol. The van der Waals surface area contributed by atoms with Gasteiger partial charge in [0.2, 0.25) is 0 Å². The summed E-state index contributed by atoms with van der Waals surface area (Å²) in [5.74, 6) is 0.833. The van der Waals surface area contributed by atoms with Gasteiger partial charge in [0, 0.05) is 13.5 Å². The van der Waals surface area contributed by atoms with E-state index in [0.29, 0.717) is 6.42 Å². The van der Waals surface area contributed by atoms with Crippen LogP contribution in [0.1, 0.15) is 41.0 Å². The SMILES string of the molecule is CC(C)C.COC1(C)C[C@H](O)OC(C)C1O. The quantitative estimate of drug-likeness (QED) is 0.722. The van der Waals surface area contributed by atoms with Crippen molar-refractivity contribution in [1.82, 2.24) is 0 Å². The summed E-state index contributed by atoms with van der Waals surface area (Å²) < 4.78 is 10.2. The predicted octanol–water partition coefficient (Wildman–Crippen LogP) is 1.54. The number of hydrogen-bond acceptors (Lipinski definition) is 4. The fourth-order valence-corrected chi connectivity index (χ4v) is 1.54. The standard InChI is InChI=1S/C8H16O4.C4H10/c1-5-7(10)8(2,11-3)4-6(9)12-5;1-4(2)3/h5-7,9-10H,4H2,1-3H3;4H,1-3H3/t5?,6-,7?,8?;/m1./s1. The molecule has 0 aromatic carbocycles. The van der Waals surface area contributed by atoms with Crippen LogP contribution in [0.25, 0.3) is 0 Å². The van der Waals surface area contributed by atoms with E-state index in [1.165, 1.54) is 7.11 Å². The number of methoxy groups -OCH3 is 1. The van der Waals surface area contributed by atoms with Crippen LogP contribution in [0.5, 0.6) is 0 Å². The second kappa shape index (κ2) is 6.55. The molecule has 98 valence electrons. The Hall–Kier alpha value is -0.160. The number of rotatable bonds is 1. The average Bonchev–Trinajstić information content (AvgIpc) is 2.13. The van der Waals surface area contributed by atoms with Gasteiger partial charge in [-0.15, -0.1) is 0 Å². The molecular formula is C12H26O4. The molecular weight excluding hydrogens is 208 g/mol. The first kappa shape index (κ1) is 15.8. The van der Waals surface area contributed by atoms with Gasteiger partial charge in [-0.25, -0.2) is 0 Å². The van der Waals surface area contributed by atoms with Crippen molar-refractivity contribution in [1.29, 1.82) is 0 Å². The molecule has 4 nitrogen and oxygen atoms in total. The summed E-state index contributed by atoms with van der Waals surface area (Å²) in [5.41, 5.74) is -0.697. The van der Waals surface area contributed by atoms with Gasteiger partial charge >= 0.3 is 0 Å². The van der Waals surface area contributed by atoms with Crippen molar-refractivity contribution >= 4 is 0 Å². The van der Waals surface area contributed by atoms with Crippen molar-refractivity contribution in [3.05, 3.63) is 0 Å². The highest BCUT2D eigenvalue weighted by Crippen LogP contribution is 2.30. The number of hydrogen-bond donors (Lipinski definition) is 2. The topological polar surface area (TPSA) is 58.9 Å². The van der Waals surface area contributed by atoms with Crippen LogP contribution < -0.4 is 0 Å². The molecule has 16 heavy (non-hydrogen) atoms. The maximum absolute atomic E-state index is 9.65. The minimum Gasteiger partial charge on any atom is -0.387 e. The van der Waals surface area contributed by atoms with Crippen LogP contribution in [-0.2, 0) is 9.47 Å². The molecule has 0 aromatic heterocycles. The van der Waals surface area contributed by atoms with Crippen molar-refractivity contribution < 1.29 is 19.7 Å². The lowest BCUT2D eigenvalue weighted by Gasteiger charge is -2.42. The Balaban J connectivity index is 0.000000487. The Bertz CT molecular complexity index is 193. The molecule has 1 fully saturated rings. The highest BCUT2D eigenvalue weighted by Gasteiger charge is 2.44. The van der Waals surface area contributed by atoms with E-state index in [0.717, 1.165) is 5.92 Å². The minimum absolute atomic E-state index is 0.301. The molecule has 1 aliphatic rings. The first-order valence-corrected chi connectivity index (χ1v) is 5.79. The molecule has 1 heterocycles. The van der Waals surface area contributed by atoms with Gasteiger partial charge in [-0.05, 0) is 19.8 Å². The van der Waals surface area contributed by atoms with E-state index in [9.17, 15) is 10.2 Å². The lowest BCUT2D eigenvalue weighted by molar-refractivity contribution is -0.263. The molecule has 4 atom stereocenters. The lowest BCUT2D eigenvalue weighted by Crippen LogP contribution is -2.55. The summed E-state index contributed by atoms with van der Waals surface area (Å²) in [4.78, 5) is 0. The highest BCUT2D eigenvalue weighted by atomic mass is 16.6. The Morgan fingerprint density at radius 2 is 1.75 bits per heavy atom. The van der Waals surface area contributed by atoms with Crippen LogP contribution in [-0.4, -0.2) is 41.4 Å². The van der Waals surface area contributed by atoms with Crippen LogP contribution in [0.15, 0.2) is 0 Å². The van der Waals surface area contributed by atoms with Gasteiger partial charge in [0.05, 0.1) is 11.7 Å². The van der Waals surface area contributed by atoms with Crippen LogP contribution in [0.3, 0.4) is 0 Å². The zero-order valence-electron chi connectivity index (χ0n) is 11.2. The summed E-state index contributed by atoms with van der Waals surface area (Å²) in [7, 11) is 1.52. The molecule has 1 aliphatic heterocycles. The van der Waals surface area contributed by atoms with Gasteiger partial charge in [-0.3, -0.25) is 0 Å². The molecule has 4 heteroatoms. The summed E-state index contributed by atoms with van der Waals surface area (Å²) >= 11 is 0. The maximum Gasteiger partial charge on any atom is 0.157 e. The Morgan fingerprint density at radius 3 is 2.12 bits per heavy atom. The Kier molecular flexibility index (Phi) is 6.48. The van der Waals surface area contributed by atoms with E-state index in [2.05, 4.69) is 20.8 Å². The van der Waals surface area contributed by atoms with E-state index in [1.807, 2.05) is 0 Å². The molecule has 3 unspecified atom stereocenters. The van der Waals surface area contributed by atoms with E-state index in [-0.39, 0.29) is 0 Å². The van der Waals surface area contributed by atoms with E-state index in [1.54, 1.807) is 13.8 Å². The molecule has 0 aromatic rings. The molecule has 0 amide bonds. The summed E-state index contributed by atoms with van der Waals surface area (Å²) in [5, 5.41) is 18.9. The van der Waals surface area contributed by atoms with Crippen molar-refractivity contribution in [3.8, 4) is 0 Å². The normalized spacial score (nSPS) is 39.2. The fraction of sp³-hybridized carbons (Fsp3) is 1.00. The van der Waals surface area contributed by atoms with E-state index >= 15 is 0 Å². The second-order valence-corrected chi connectivity index (χ2v) is 5.19. The minimum atomic E-state index is -0.839. The molecule has 0 saturated carbocycles. The Labute approximate surface area is 98.6 Å². The van der Waals surface area contributed by atoms with Gasteiger partial charge in [0.1, 0.15) is 6.10 Å². The van der Waals surface area contributed by atoms with Gasteiger partial charge in [-0.1, -0.05) is 20.8 Å². The highest BCUT2D eigenvalue weighted by molar-refractivity contribution is 4.91. The van der Waals surface area contributed by atoms with Gasteiger partial charge < -0.3 is 19.7 Å². The van der Waals surface area contributed by atoms with Crippen molar-refractivity contribution in [2.45, 2.75) is 65.1 Å². The van der Waals surface area contributed by atoms with E-state index in [4.69, 9.17) is 9.47 Å². The smallest absolute Gasteiger partial charge is 0.157 e. The van der Waals surface area contributed by atoms with Crippen LogP contribution >= 0.6 is 0 Å². The summed E-state index contributed by atoms with van der Waals surface area (Å²) in [6.07, 6.45) is -1.62. The molecule has 2 N–H and O–H groups in total. The fourth-order valence-electron chi connectivity index (χ4n) is 1.54. The molecule has 1 saturated heterocycles. The largest absolute Gasteiger partial charge is 0.387 e. The van der Waals surface area contributed by atoms with Gasteiger partial charge in [0.15, 0.2) is 6.29 Å². The molecule has 0 spiro atoms. The first-order valence-electron chi connectivity index (χ1n) is 5.79. The summed E-state index contributed by atoms with van der Waals surface area (Å²) in [6, 6.07) is 0. The van der Waals surface area contributed by atoms with E-state index < -0.39 is 24.1 Å². The van der Waals surface area contributed by atoms with Crippen molar-refractivity contribution in [2.75, 3.05) is 7.11 Å². The lowest BCUT2D eigenvalue weighted by atomic mass is 9.89. The number of ether oxygens (including phenoxy) is 2. The zero-order valence-corrected chi connectivity index (χ0v) is 11.2. The third kappa shape index (κ3) is 4.78. The zero-order chi connectivity index (χ0) is 12.9. The van der Waals surface area contributed by atoms with Crippen LogP contribution in [0.2, 0.25) is 0 Å². The van der Waals surface area contributed by atoms with Gasteiger partial charge in [-0.2, -0.15) is 0 Å². The van der Waals surface area contributed by atoms with Crippen molar-refractivity contribution in [3.63, 3.8) is 0 Å². The van der Waals surface area contributed by atoms with Crippen LogP contribution in [0, 0.1) is 5.92 Å². The first-order chi connectivity index (χ1) is 7.23. The van der Waals surface area contributed by atoms with Crippen molar-refractivity contribution in [2.24, 2.45) is 5.92 Å². The molecule has 0 aliphatic carbocycles. The van der Waals surface area contributed by atoms with Gasteiger partial charge in [0.25, 0.3) is 0 Å². The third-order valence-corrected chi connectivity index (χ3v) is 2.49. The third-order valence-electron chi connectivity index (χ3n) is 2.49. The monoisotopic (exact) mass is 234 g/mol. The summed E-state index contributed by atoms with van der Waals surface area (Å²) in [6.45, 7) is 9.98. The molecule has 0 radical (unpaired) electrons. The number of aliphatic hydroxyl groups is 2. The average molecular weight is 234 g/mol.